The van der Waals surface area contributed by atoms with Crippen LogP contribution in [0.25, 0.3) is 0 Å². The summed E-state index contributed by atoms with van der Waals surface area (Å²) in [6.07, 6.45) is 3.79. The minimum Gasteiger partial charge on any atom is -0.486 e. The van der Waals surface area contributed by atoms with Gasteiger partial charge >= 0.3 is 0 Å². The molecule has 3 aromatic carbocycles. The minimum absolute atomic E-state index is 0.0730. The van der Waals surface area contributed by atoms with Crippen LogP contribution in [0.4, 0.5) is 0 Å². The Balaban J connectivity index is 1.53. The molecule has 4 nitrogen and oxygen atoms in total. The first-order chi connectivity index (χ1) is 15.7. The summed E-state index contributed by atoms with van der Waals surface area (Å²) >= 11 is 0. The van der Waals surface area contributed by atoms with Crippen molar-refractivity contribution >= 4 is 5.91 Å². The van der Waals surface area contributed by atoms with Crippen LogP contribution in [0.2, 0.25) is 0 Å². The van der Waals surface area contributed by atoms with Crippen LogP contribution >= 0.6 is 0 Å². The Morgan fingerprint density at radius 1 is 0.875 bits per heavy atom. The SMILES string of the molecule is CCc1cc2c(cc1[C@H](CCc1ccccc1)NC(=O)CCc1ccccc1)OCCO2. The van der Waals surface area contributed by atoms with Crippen LogP contribution < -0.4 is 14.8 Å². The number of carbonyl (C=O) groups is 1. The van der Waals surface area contributed by atoms with Crippen molar-refractivity contribution in [2.24, 2.45) is 0 Å². The zero-order chi connectivity index (χ0) is 22.2. The van der Waals surface area contributed by atoms with Crippen LogP contribution in [0.1, 0.15) is 48.1 Å². The van der Waals surface area contributed by atoms with Crippen molar-refractivity contribution in [1.29, 1.82) is 0 Å². The monoisotopic (exact) mass is 429 g/mol. The molecule has 0 saturated heterocycles. The summed E-state index contributed by atoms with van der Waals surface area (Å²) in [6, 6.07) is 24.6. The summed E-state index contributed by atoms with van der Waals surface area (Å²) in [5, 5.41) is 3.32. The van der Waals surface area contributed by atoms with Crippen molar-refractivity contribution in [1.82, 2.24) is 5.32 Å². The molecule has 4 heteroatoms. The summed E-state index contributed by atoms with van der Waals surface area (Å²) in [5.41, 5.74) is 4.76. The molecule has 0 unspecified atom stereocenters. The lowest BCUT2D eigenvalue weighted by molar-refractivity contribution is -0.121. The fourth-order valence-corrected chi connectivity index (χ4v) is 4.21. The summed E-state index contributed by atoms with van der Waals surface area (Å²) in [6.45, 7) is 3.26. The fourth-order valence-electron chi connectivity index (χ4n) is 4.21. The minimum atomic E-state index is -0.0794. The highest BCUT2D eigenvalue weighted by atomic mass is 16.6. The molecule has 3 aromatic rings. The van der Waals surface area contributed by atoms with Gasteiger partial charge in [-0.25, -0.2) is 0 Å². The molecule has 0 radical (unpaired) electrons. The number of carbonyl (C=O) groups excluding carboxylic acids is 1. The Hall–Kier alpha value is -3.27. The Morgan fingerprint density at radius 2 is 1.47 bits per heavy atom. The summed E-state index contributed by atoms with van der Waals surface area (Å²) in [5.74, 6) is 1.64. The van der Waals surface area contributed by atoms with Gasteiger partial charge < -0.3 is 14.8 Å². The molecule has 1 N–H and O–H groups in total. The second kappa shape index (κ2) is 10.9. The first-order valence-electron chi connectivity index (χ1n) is 11.5. The van der Waals surface area contributed by atoms with E-state index in [1.807, 2.05) is 24.3 Å². The van der Waals surface area contributed by atoms with Gasteiger partial charge in [0.15, 0.2) is 11.5 Å². The van der Waals surface area contributed by atoms with E-state index >= 15 is 0 Å². The molecule has 1 amide bonds. The topological polar surface area (TPSA) is 47.6 Å². The second-order valence-electron chi connectivity index (χ2n) is 8.18. The summed E-state index contributed by atoms with van der Waals surface area (Å²) in [7, 11) is 0. The molecule has 166 valence electrons. The van der Waals surface area contributed by atoms with E-state index in [0.29, 0.717) is 19.6 Å². The number of hydrogen-bond donors (Lipinski definition) is 1. The van der Waals surface area contributed by atoms with Gasteiger partial charge in [-0.2, -0.15) is 0 Å². The van der Waals surface area contributed by atoms with E-state index in [0.717, 1.165) is 42.7 Å². The van der Waals surface area contributed by atoms with Gasteiger partial charge in [-0.15, -0.1) is 0 Å². The third-order valence-electron chi connectivity index (χ3n) is 5.94. The maximum absolute atomic E-state index is 12.9. The van der Waals surface area contributed by atoms with Crippen LogP contribution in [0, 0.1) is 0 Å². The number of ether oxygens (including phenoxy) is 2. The average molecular weight is 430 g/mol. The lowest BCUT2D eigenvalue weighted by Crippen LogP contribution is -2.30. The number of rotatable bonds is 9. The van der Waals surface area contributed by atoms with Crippen molar-refractivity contribution in [3.05, 3.63) is 95.1 Å². The molecule has 4 rings (SSSR count). The first kappa shape index (κ1) is 21.9. The zero-order valence-electron chi connectivity index (χ0n) is 18.7. The molecule has 1 aliphatic rings. The van der Waals surface area contributed by atoms with E-state index in [4.69, 9.17) is 9.47 Å². The van der Waals surface area contributed by atoms with Crippen LogP contribution in [-0.4, -0.2) is 19.1 Å². The van der Waals surface area contributed by atoms with Crippen LogP contribution in [0.5, 0.6) is 11.5 Å². The number of hydrogen-bond acceptors (Lipinski definition) is 3. The van der Waals surface area contributed by atoms with Gasteiger partial charge in [-0.1, -0.05) is 67.6 Å². The Labute approximate surface area is 190 Å². The standard InChI is InChI=1S/C28H31NO3/c1-2-23-19-26-27(32-18-17-31-26)20-24(23)25(15-13-21-9-5-3-6-10-21)29-28(30)16-14-22-11-7-4-8-12-22/h3-12,19-20,25H,2,13-18H2,1H3,(H,29,30)/t25-/m0/s1. The maximum Gasteiger partial charge on any atom is 0.220 e. The van der Waals surface area contributed by atoms with Crippen molar-refractivity contribution in [3.8, 4) is 11.5 Å². The van der Waals surface area contributed by atoms with Crippen molar-refractivity contribution < 1.29 is 14.3 Å². The van der Waals surface area contributed by atoms with Gasteiger partial charge in [0.2, 0.25) is 5.91 Å². The maximum atomic E-state index is 12.9. The van der Waals surface area contributed by atoms with E-state index in [-0.39, 0.29) is 11.9 Å². The van der Waals surface area contributed by atoms with E-state index in [1.54, 1.807) is 0 Å². The van der Waals surface area contributed by atoms with Gasteiger partial charge in [0.25, 0.3) is 0 Å². The molecule has 0 saturated carbocycles. The van der Waals surface area contributed by atoms with E-state index in [2.05, 4.69) is 60.8 Å². The zero-order valence-corrected chi connectivity index (χ0v) is 18.7. The van der Waals surface area contributed by atoms with E-state index in [1.165, 1.54) is 16.7 Å². The molecule has 1 atom stereocenters. The number of aryl methyl sites for hydroxylation is 3. The summed E-state index contributed by atoms with van der Waals surface area (Å²) < 4.78 is 11.6. The largest absolute Gasteiger partial charge is 0.486 e. The number of fused-ring (bicyclic) bond motifs is 1. The smallest absolute Gasteiger partial charge is 0.220 e. The molecule has 32 heavy (non-hydrogen) atoms. The Morgan fingerprint density at radius 3 is 2.09 bits per heavy atom. The predicted molar refractivity (Wildman–Crippen MR) is 127 cm³/mol. The van der Waals surface area contributed by atoms with Gasteiger partial charge in [-0.05, 0) is 60.1 Å². The molecule has 1 heterocycles. The first-order valence-corrected chi connectivity index (χ1v) is 11.5. The van der Waals surface area contributed by atoms with E-state index < -0.39 is 0 Å². The van der Waals surface area contributed by atoms with Crippen molar-refractivity contribution in [2.75, 3.05) is 13.2 Å². The number of nitrogens with one attached hydrogen (secondary N) is 1. The lowest BCUT2D eigenvalue weighted by Gasteiger charge is -2.26. The quantitative estimate of drug-likeness (QED) is 0.492. The molecule has 0 aromatic heterocycles. The predicted octanol–water partition coefficient (Wildman–Crippen LogP) is 5.44. The average Bonchev–Trinajstić information content (AvgIpc) is 2.85. The van der Waals surface area contributed by atoms with E-state index in [9.17, 15) is 4.79 Å². The van der Waals surface area contributed by atoms with Crippen LogP contribution in [0.15, 0.2) is 72.8 Å². The molecule has 1 aliphatic heterocycles. The molecule has 0 aliphatic carbocycles. The third-order valence-corrected chi connectivity index (χ3v) is 5.94. The third kappa shape index (κ3) is 5.70. The van der Waals surface area contributed by atoms with Gasteiger partial charge in [0, 0.05) is 6.42 Å². The molecular weight excluding hydrogens is 398 g/mol. The molecule has 0 fully saturated rings. The highest BCUT2D eigenvalue weighted by molar-refractivity contribution is 5.77. The van der Waals surface area contributed by atoms with Gasteiger partial charge in [0.1, 0.15) is 13.2 Å². The van der Waals surface area contributed by atoms with Crippen LogP contribution in [0.3, 0.4) is 0 Å². The highest BCUT2D eigenvalue weighted by Gasteiger charge is 2.22. The van der Waals surface area contributed by atoms with Crippen LogP contribution in [-0.2, 0) is 24.1 Å². The van der Waals surface area contributed by atoms with Crippen molar-refractivity contribution in [2.45, 2.75) is 45.1 Å². The Bertz CT molecular complexity index is 1020. The van der Waals surface area contributed by atoms with Crippen molar-refractivity contribution in [3.63, 3.8) is 0 Å². The number of benzene rings is 3. The lowest BCUT2D eigenvalue weighted by atomic mass is 9.92. The Kier molecular flexibility index (Phi) is 7.44. The summed E-state index contributed by atoms with van der Waals surface area (Å²) in [4.78, 5) is 12.9. The van der Waals surface area contributed by atoms with Gasteiger partial charge in [-0.3, -0.25) is 4.79 Å². The fraction of sp³-hybridized carbons (Fsp3) is 0.321. The second-order valence-corrected chi connectivity index (χ2v) is 8.18. The number of amides is 1. The molecule has 0 bridgehead atoms. The molecule has 0 spiro atoms. The normalized spacial score (nSPS) is 13.4. The molecular formula is C28H31NO3. The van der Waals surface area contributed by atoms with Gasteiger partial charge in [0.05, 0.1) is 6.04 Å². The highest BCUT2D eigenvalue weighted by Crippen LogP contribution is 2.37.